The van der Waals surface area contributed by atoms with Crippen molar-refractivity contribution in [2.75, 3.05) is 14.2 Å². The van der Waals surface area contributed by atoms with Gasteiger partial charge in [-0.05, 0) is 5.56 Å². The zero-order valence-corrected chi connectivity index (χ0v) is 10.9. The van der Waals surface area contributed by atoms with Gasteiger partial charge in [-0.15, -0.1) is 0 Å². The molecule has 0 radical (unpaired) electrons. The molecule has 0 bridgehead atoms. The lowest BCUT2D eigenvalue weighted by Crippen LogP contribution is -2.11. The van der Waals surface area contributed by atoms with E-state index in [0.717, 1.165) is 5.56 Å². The molecule has 1 rings (SSSR count). The zero-order valence-electron chi connectivity index (χ0n) is 10.9. The van der Waals surface area contributed by atoms with Crippen molar-refractivity contribution in [3.63, 3.8) is 0 Å². The van der Waals surface area contributed by atoms with Crippen LogP contribution in [0.1, 0.15) is 18.1 Å². The van der Waals surface area contributed by atoms with E-state index < -0.39 is 18.2 Å². The average molecular weight is 264 g/mol. The first-order chi connectivity index (χ1) is 9.17. The van der Waals surface area contributed by atoms with Crippen LogP contribution < -0.4 is 0 Å². The molecule has 5 heteroatoms. The van der Waals surface area contributed by atoms with Gasteiger partial charge >= 0.3 is 12.1 Å². The summed E-state index contributed by atoms with van der Waals surface area (Å²) < 4.78 is 14.1. The second-order valence-electron chi connectivity index (χ2n) is 3.63. The molecular formula is C14H16O5. The van der Waals surface area contributed by atoms with Gasteiger partial charge in [0, 0.05) is 12.5 Å². The van der Waals surface area contributed by atoms with Crippen LogP contribution in [-0.2, 0) is 19.0 Å². The monoisotopic (exact) mass is 264 g/mol. The summed E-state index contributed by atoms with van der Waals surface area (Å²) in [5.41, 5.74) is 0.822. The lowest BCUT2D eigenvalue weighted by atomic mass is 10.1. The number of benzene rings is 1. The first-order valence-electron chi connectivity index (χ1n) is 5.71. The van der Waals surface area contributed by atoms with Gasteiger partial charge in [-0.1, -0.05) is 36.4 Å². The molecule has 0 amide bonds. The second-order valence-corrected chi connectivity index (χ2v) is 3.63. The SMILES string of the molecule is COC(=O)/C=C/CC(OC(=O)OC)c1ccccc1. The number of rotatable bonds is 5. The van der Waals surface area contributed by atoms with Crippen LogP contribution in [0.2, 0.25) is 0 Å². The second kappa shape index (κ2) is 7.92. The number of esters is 1. The van der Waals surface area contributed by atoms with E-state index in [-0.39, 0.29) is 0 Å². The van der Waals surface area contributed by atoms with Crippen LogP contribution in [0.3, 0.4) is 0 Å². The van der Waals surface area contributed by atoms with Crippen LogP contribution in [0.4, 0.5) is 4.79 Å². The summed E-state index contributed by atoms with van der Waals surface area (Å²) in [6, 6.07) is 9.21. The Morgan fingerprint density at radius 2 is 1.84 bits per heavy atom. The Bertz CT molecular complexity index is 438. The van der Waals surface area contributed by atoms with Gasteiger partial charge in [-0.2, -0.15) is 0 Å². The molecule has 0 saturated carbocycles. The number of carbonyl (C=O) groups excluding carboxylic acids is 2. The summed E-state index contributed by atoms with van der Waals surface area (Å²) >= 11 is 0. The minimum absolute atomic E-state index is 0.355. The molecule has 102 valence electrons. The molecule has 1 aromatic rings. The highest BCUT2D eigenvalue weighted by Gasteiger charge is 2.15. The predicted octanol–water partition coefficient (Wildman–Crippen LogP) is 2.63. The van der Waals surface area contributed by atoms with Crippen molar-refractivity contribution in [3.8, 4) is 0 Å². The number of hydrogen-bond donors (Lipinski definition) is 0. The molecule has 1 unspecified atom stereocenters. The van der Waals surface area contributed by atoms with Crippen molar-refractivity contribution >= 4 is 12.1 Å². The summed E-state index contributed by atoms with van der Waals surface area (Å²) in [4.78, 5) is 22.2. The first kappa shape index (κ1) is 14.8. The molecule has 1 atom stereocenters. The van der Waals surface area contributed by atoms with E-state index in [1.54, 1.807) is 6.08 Å². The van der Waals surface area contributed by atoms with Crippen LogP contribution in [0.25, 0.3) is 0 Å². The maximum absolute atomic E-state index is 11.2. The Labute approximate surface area is 111 Å². The molecule has 0 aliphatic carbocycles. The third-order valence-electron chi connectivity index (χ3n) is 2.38. The van der Waals surface area contributed by atoms with Crippen LogP contribution in [0.5, 0.6) is 0 Å². The van der Waals surface area contributed by atoms with Gasteiger partial charge in [-0.25, -0.2) is 9.59 Å². The molecule has 0 aliphatic rings. The summed E-state index contributed by atoms with van der Waals surface area (Å²) in [5.74, 6) is -0.454. The minimum Gasteiger partial charge on any atom is -0.466 e. The van der Waals surface area contributed by atoms with Crippen molar-refractivity contribution in [2.45, 2.75) is 12.5 Å². The van der Waals surface area contributed by atoms with Gasteiger partial charge < -0.3 is 14.2 Å². The van der Waals surface area contributed by atoms with Crippen molar-refractivity contribution in [3.05, 3.63) is 48.0 Å². The van der Waals surface area contributed by atoms with Crippen molar-refractivity contribution in [1.29, 1.82) is 0 Å². The van der Waals surface area contributed by atoms with E-state index in [2.05, 4.69) is 9.47 Å². The van der Waals surface area contributed by atoms with E-state index in [0.29, 0.717) is 6.42 Å². The first-order valence-corrected chi connectivity index (χ1v) is 5.71. The minimum atomic E-state index is -0.764. The van der Waals surface area contributed by atoms with Gasteiger partial charge in [-0.3, -0.25) is 0 Å². The molecule has 19 heavy (non-hydrogen) atoms. The molecule has 0 fully saturated rings. The Kier molecular flexibility index (Phi) is 6.15. The highest BCUT2D eigenvalue weighted by atomic mass is 16.7. The zero-order chi connectivity index (χ0) is 14.1. The molecule has 0 aromatic heterocycles. The quantitative estimate of drug-likeness (QED) is 0.604. The van der Waals surface area contributed by atoms with Gasteiger partial charge in [0.05, 0.1) is 14.2 Å². The fraction of sp³-hybridized carbons (Fsp3) is 0.286. The largest absolute Gasteiger partial charge is 0.508 e. The third kappa shape index (κ3) is 5.25. The topological polar surface area (TPSA) is 61.8 Å². The van der Waals surface area contributed by atoms with Crippen LogP contribution >= 0.6 is 0 Å². The lowest BCUT2D eigenvalue weighted by Gasteiger charge is -2.15. The van der Waals surface area contributed by atoms with Gasteiger partial charge in [0.25, 0.3) is 0 Å². The molecule has 1 aromatic carbocycles. The number of hydrogen-bond acceptors (Lipinski definition) is 5. The van der Waals surface area contributed by atoms with Gasteiger partial charge in [0.1, 0.15) is 6.10 Å². The Morgan fingerprint density at radius 3 is 2.42 bits per heavy atom. The van der Waals surface area contributed by atoms with Crippen LogP contribution in [0.15, 0.2) is 42.5 Å². The predicted molar refractivity (Wildman–Crippen MR) is 68.4 cm³/mol. The van der Waals surface area contributed by atoms with Crippen molar-refractivity contribution < 1.29 is 23.8 Å². The van der Waals surface area contributed by atoms with E-state index in [9.17, 15) is 9.59 Å². The van der Waals surface area contributed by atoms with Crippen molar-refractivity contribution in [2.24, 2.45) is 0 Å². The standard InChI is InChI=1S/C14H16O5/c1-17-13(15)10-6-9-12(19-14(16)18-2)11-7-4-3-5-8-11/h3-8,10,12H,9H2,1-2H3/b10-6+. The normalized spacial score (nSPS) is 11.9. The van der Waals surface area contributed by atoms with E-state index in [1.165, 1.54) is 20.3 Å². The Balaban J connectivity index is 2.73. The Hall–Kier alpha value is -2.30. The summed E-state index contributed by atoms with van der Waals surface area (Å²) in [7, 11) is 2.54. The van der Waals surface area contributed by atoms with Gasteiger partial charge in [0.2, 0.25) is 0 Å². The molecule has 0 aliphatic heterocycles. The van der Waals surface area contributed by atoms with E-state index in [1.807, 2.05) is 30.3 Å². The molecule has 5 nitrogen and oxygen atoms in total. The fourth-order valence-corrected chi connectivity index (χ4v) is 1.44. The highest BCUT2D eigenvalue weighted by Crippen LogP contribution is 2.22. The number of methoxy groups -OCH3 is 2. The van der Waals surface area contributed by atoms with Gasteiger partial charge in [0.15, 0.2) is 0 Å². The molecule has 0 spiro atoms. The lowest BCUT2D eigenvalue weighted by molar-refractivity contribution is -0.134. The Morgan fingerprint density at radius 1 is 1.16 bits per heavy atom. The maximum Gasteiger partial charge on any atom is 0.508 e. The smallest absolute Gasteiger partial charge is 0.466 e. The highest BCUT2D eigenvalue weighted by molar-refractivity contribution is 5.81. The fourth-order valence-electron chi connectivity index (χ4n) is 1.44. The molecule has 0 N–H and O–H groups in total. The summed E-state index contributed by atoms with van der Waals surface area (Å²) in [6.45, 7) is 0. The molecule has 0 saturated heterocycles. The van der Waals surface area contributed by atoms with E-state index >= 15 is 0 Å². The van der Waals surface area contributed by atoms with E-state index in [4.69, 9.17) is 4.74 Å². The summed E-state index contributed by atoms with van der Waals surface area (Å²) in [5, 5.41) is 0. The molecule has 0 heterocycles. The average Bonchev–Trinajstić information content (AvgIpc) is 2.46. The summed E-state index contributed by atoms with van der Waals surface area (Å²) in [6.07, 6.45) is 1.96. The number of carbonyl (C=O) groups is 2. The number of ether oxygens (including phenoxy) is 3. The molecular weight excluding hydrogens is 248 g/mol. The van der Waals surface area contributed by atoms with Crippen LogP contribution in [-0.4, -0.2) is 26.3 Å². The third-order valence-corrected chi connectivity index (χ3v) is 2.38. The van der Waals surface area contributed by atoms with Crippen molar-refractivity contribution in [1.82, 2.24) is 0 Å². The van der Waals surface area contributed by atoms with Crippen LogP contribution in [0, 0.1) is 0 Å². The maximum atomic E-state index is 11.2.